The van der Waals surface area contributed by atoms with E-state index in [2.05, 4.69) is 11.4 Å². The molecule has 2 aromatic rings. The second kappa shape index (κ2) is 7.83. The van der Waals surface area contributed by atoms with E-state index in [-0.39, 0.29) is 11.9 Å². The summed E-state index contributed by atoms with van der Waals surface area (Å²) in [5.74, 6) is 0.736. The molecule has 0 radical (unpaired) electrons. The fraction of sp³-hybridized carbons (Fsp3) is 0.294. The lowest BCUT2D eigenvalue weighted by Gasteiger charge is -2.17. The minimum atomic E-state index is -0.173. The summed E-state index contributed by atoms with van der Waals surface area (Å²) in [6.45, 7) is 2.02. The third-order valence-electron chi connectivity index (χ3n) is 3.43. The molecule has 112 valence electrons. The molecule has 2 rings (SSSR count). The molecule has 1 atom stereocenters. The Kier molecular flexibility index (Phi) is 6.09. The van der Waals surface area contributed by atoms with Crippen LogP contribution in [0.4, 0.5) is 4.39 Å². The molecule has 0 heterocycles. The third-order valence-corrected chi connectivity index (χ3v) is 4.82. The van der Waals surface area contributed by atoms with Crippen molar-refractivity contribution in [3.8, 4) is 0 Å². The van der Waals surface area contributed by atoms with Gasteiger partial charge in [0.1, 0.15) is 5.82 Å². The monoisotopic (exact) mass is 323 g/mol. The number of benzene rings is 2. The summed E-state index contributed by atoms with van der Waals surface area (Å²) in [5, 5.41) is 4.06. The molecule has 2 aromatic carbocycles. The maximum absolute atomic E-state index is 13.4. The summed E-state index contributed by atoms with van der Waals surface area (Å²) in [7, 11) is 1.94. The number of thioether (sulfide) groups is 1. The minimum absolute atomic E-state index is 0.173. The van der Waals surface area contributed by atoms with Crippen LogP contribution in [0.3, 0.4) is 0 Å². The number of halogens is 2. The van der Waals surface area contributed by atoms with Crippen molar-refractivity contribution in [2.75, 3.05) is 12.8 Å². The van der Waals surface area contributed by atoms with Gasteiger partial charge in [-0.15, -0.1) is 11.8 Å². The van der Waals surface area contributed by atoms with Gasteiger partial charge in [0.25, 0.3) is 0 Å². The average Bonchev–Trinajstić information content (AvgIpc) is 2.47. The fourth-order valence-electron chi connectivity index (χ4n) is 2.12. The van der Waals surface area contributed by atoms with Crippen LogP contribution in [-0.2, 0) is 6.42 Å². The van der Waals surface area contributed by atoms with Crippen molar-refractivity contribution >= 4 is 23.4 Å². The Morgan fingerprint density at radius 2 is 2.05 bits per heavy atom. The van der Waals surface area contributed by atoms with Crippen molar-refractivity contribution in [2.45, 2.75) is 24.3 Å². The molecule has 0 saturated carbocycles. The molecule has 0 aromatic heterocycles. The molecule has 1 nitrogen and oxygen atoms in total. The van der Waals surface area contributed by atoms with Crippen LogP contribution in [0.5, 0.6) is 0 Å². The molecular formula is C17H19ClFNS. The van der Waals surface area contributed by atoms with Crippen LogP contribution >= 0.6 is 23.4 Å². The first-order valence-electron chi connectivity index (χ1n) is 6.89. The first-order valence-corrected chi connectivity index (χ1v) is 8.25. The maximum atomic E-state index is 13.4. The number of hydrogen-bond donors (Lipinski definition) is 1. The Hall–Kier alpha value is -1.03. The Balaban J connectivity index is 1.98. The van der Waals surface area contributed by atoms with Gasteiger partial charge >= 0.3 is 0 Å². The molecule has 0 spiro atoms. The highest BCUT2D eigenvalue weighted by atomic mass is 35.5. The average molecular weight is 324 g/mol. The number of hydrogen-bond acceptors (Lipinski definition) is 2. The topological polar surface area (TPSA) is 12.0 Å². The second-order valence-electron chi connectivity index (χ2n) is 5.03. The van der Waals surface area contributed by atoms with Crippen molar-refractivity contribution in [1.29, 1.82) is 0 Å². The number of rotatable bonds is 6. The highest BCUT2D eigenvalue weighted by molar-refractivity contribution is 7.99. The SMILES string of the molecule is CNC(CSc1cccc(Cl)c1)Cc1cc(F)ccc1C. The second-order valence-corrected chi connectivity index (χ2v) is 6.56. The number of nitrogens with one attached hydrogen (secondary N) is 1. The molecule has 0 saturated heterocycles. The molecule has 0 amide bonds. The summed E-state index contributed by atoms with van der Waals surface area (Å²) >= 11 is 7.75. The van der Waals surface area contributed by atoms with Gasteiger partial charge in [-0.2, -0.15) is 0 Å². The van der Waals surface area contributed by atoms with E-state index in [9.17, 15) is 4.39 Å². The van der Waals surface area contributed by atoms with Crippen molar-refractivity contribution in [2.24, 2.45) is 0 Å². The zero-order valence-corrected chi connectivity index (χ0v) is 13.8. The molecular weight excluding hydrogens is 305 g/mol. The summed E-state index contributed by atoms with van der Waals surface area (Å²) in [4.78, 5) is 1.15. The predicted octanol–water partition coefficient (Wildman–Crippen LogP) is 4.71. The zero-order chi connectivity index (χ0) is 15.2. The van der Waals surface area contributed by atoms with Gasteiger partial charge in [-0.05, 0) is 61.9 Å². The van der Waals surface area contributed by atoms with Gasteiger partial charge in [-0.3, -0.25) is 0 Å². The zero-order valence-electron chi connectivity index (χ0n) is 12.2. The van der Waals surface area contributed by atoms with Gasteiger partial charge in [0.15, 0.2) is 0 Å². The molecule has 1 N–H and O–H groups in total. The molecule has 0 aliphatic carbocycles. The van der Waals surface area contributed by atoms with Gasteiger partial charge < -0.3 is 5.32 Å². The number of likely N-dealkylation sites (N-methyl/N-ethyl adjacent to an activating group) is 1. The van der Waals surface area contributed by atoms with E-state index in [0.29, 0.717) is 0 Å². The first kappa shape index (κ1) is 16.3. The Labute approximate surface area is 134 Å². The Morgan fingerprint density at radius 3 is 2.76 bits per heavy atom. The molecule has 4 heteroatoms. The normalized spacial score (nSPS) is 12.4. The lowest BCUT2D eigenvalue weighted by Crippen LogP contribution is -2.30. The quantitative estimate of drug-likeness (QED) is 0.773. The first-order chi connectivity index (χ1) is 10.1. The van der Waals surface area contributed by atoms with E-state index in [4.69, 9.17) is 11.6 Å². The maximum Gasteiger partial charge on any atom is 0.123 e. The van der Waals surface area contributed by atoms with Crippen molar-refractivity contribution in [3.63, 3.8) is 0 Å². The van der Waals surface area contributed by atoms with Gasteiger partial charge in [0, 0.05) is 21.7 Å². The fourth-order valence-corrected chi connectivity index (χ4v) is 3.44. The Morgan fingerprint density at radius 1 is 1.24 bits per heavy atom. The van der Waals surface area contributed by atoms with Crippen molar-refractivity contribution in [3.05, 3.63) is 64.4 Å². The molecule has 0 aliphatic heterocycles. The van der Waals surface area contributed by atoms with E-state index in [1.165, 1.54) is 6.07 Å². The van der Waals surface area contributed by atoms with Gasteiger partial charge in [0.2, 0.25) is 0 Å². The van der Waals surface area contributed by atoms with E-state index in [1.54, 1.807) is 17.8 Å². The molecule has 1 unspecified atom stereocenters. The molecule has 0 aliphatic rings. The summed E-state index contributed by atoms with van der Waals surface area (Å²) in [5.41, 5.74) is 2.19. The smallest absolute Gasteiger partial charge is 0.123 e. The predicted molar refractivity (Wildman–Crippen MR) is 89.9 cm³/mol. The van der Waals surface area contributed by atoms with Crippen LogP contribution in [0, 0.1) is 12.7 Å². The van der Waals surface area contributed by atoms with Crippen molar-refractivity contribution in [1.82, 2.24) is 5.32 Å². The third kappa shape index (κ3) is 5.03. The van der Waals surface area contributed by atoms with E-state index in [0.717, 1.165) is 33.2 Å². The molecule has 0 fully saturated rings. The van der Waals surface area contributed by atoms with Gasteiger partial charge in [0.05, 0.1) is 0 Å². The lowest BCUT2D eigenvalue weighted by atomic mass is 10.0. The summed E-state index contributed by atoms with van der Waals surface area (Å²) < 4.78 is 13.4. The Bertz CT molecular complexity index is 603. The lowest BCUT2D eigenvalue weighted by molar-refractivity contribution is 0.601. The number of aryl methyl sites for hydroxylation is 1. The van der Waals surface area contributed by atoms with Gasteiger partial charge in [-0.25, -0.2) is 4.39 Å². The van der Waals surface area contributed by atoms with Crippen LogP contribution in [0.2, 0.25) is 5.02 Å². The molecule has 21 heavy (non-hydrogen) atoms. The highest BCUT2D eigenvalue weighted by Crippen LogP contribution is 2.23. The van der Waals surface area contributed by atoms with E-state index >= 15 is 0 Å². The summed E-state index contributed by atoms with van der Waals surface area (Å²) in [6, 6.07) is 13.1. The van der Waals surface area contributed by atoms with Crippen LogP contribution in [0.1, 0.15) is 11.1 Å². The van der Waals surface area contributed by atoms with Gasteiger partial charge in [-0.1, -0.05) is 23.7 Å². The van der Waals surface area contributed by atoms with Crippen LogP contribution in [-0.4, -0.2) is 18.8 Å². The molecule has 0 bridgehead atoms. The largest absolute Gasteiger partial charge is 0.316 e. The van der Waals surface area contributed by atoms with E-state index in [1.807, 2.05) is 38.2 Å². The standard InChI is InChI=1S/C17H19ClFNS/c1-12-6-7-15(19)8-13(12)9-16(20-2)11-21-17-5-3-4-14(18)10-17/h3-8,10,16,20H,9,11H2,1-2H3. The van der Waals surface area contributed by atoms with Crippen LogP contribution in [0.15, 0.2) is 47.4 Å². The highest BCUT2D eigenvalue weighted by Gasteiger charge is 2.11. The van der Waals surface area contributed by atoms with E-state index < -0.39 is 0 Å². The van der Waals surface area contributed by atoms with Crippen molar-refractivity contribution < 1.29 is 4.39 Å². The van der Waals surface area contributed by atoms with Crippen LogP contribution < -0.4 is 5.32 Å². The minimum Gasteiger partial charge on any atom is -0.316 e. The summed E-state index contributed by atoms with van der Waals surface area (Å²) in [6.07, 6.45) is 0.813. The van der Waals surface area contributed by atoms with Crippen LogP contribution in [0.25, 0.3) is 0 Å².